The van der Waals surface area contributed by atoms with Gasteiger partial charge in [-0.3, -0.25) is 4.79 Å². The van der Waals surface area contributed by atoms with Gasteiger partial charge in [-0.25, -0.2) is 0 Å². The lowest BCUT2D eigenvalue weighted by atomic mass is 10.0. The van der Waals surface area contributed by atoms with Crippen molar-refractivity contribution in [3.63, 3.8) is 0 Å². The van der Waals surface area contributed by atoms with Gasteiger partial charge in [0.25, 0.3) is 0 Å². The number of fused-ring (bicyclic) bond motifs is 1. The highest BCUT2D eigenvalue weighted by Crippen LogP contribution is 2.28. The number of aliphatic hydroxyl groups is 1. The zero-order valence-corrected chi connectivity index (χ0v) is 13.1. The zero-order chi connectivity index (χ0) is 14.7. The number of halogens is 1. The van der Waals surface area contributed by atoms with Gasteiger partial charge in [0, 0.05) is 22.4 Å². The van der Waals surface area contributed by atoms with Crippen LogP contribution in [0.5, 0.6) is 0 Å². The first kappa shape index (κ1) is 15.3. The van der Waals surface area contributed by atoms with Crippen molar-refractivity contribution in [1.82, 2.24) is 5.32 Å². The number of carbonyl (C=O) groups is 1. The summed E-state index contributed by atoms with van der Waals surface area (Å²) in [5.74, 6) is 0.0186. The maximum absolute atomic E-state index is 12.0. The number of amides is 1. The summed E-state index contributed by atoms with van der Waals surface area (Å²) in [5, 5.41) is 15.7. The molecule has 2 rings (SSSR count). The van der Waals surface area contributed by atoms with Crippen LogP contribution in [0.15, 0.2) is 23.6 Å². The molecule has 0 aliphatic rings. The van der Waals surface area contributed by atoms with E-state index in [1.807, 2.05) is 37.4 Å². The highest BCUT2D eigenvalue weighted by atomic mass is 35.5. The van der Waals surface area contributed by atoms with E-state index in [0.29, 0.717) is 11.4 Å². The smallest absolute Gasteiger partial charge is 0.224 e. The molecule has 3 nitrogen and oxygen atoms in total. The first-order valence-electron chi connectivity index (χ1n) is 6.57. The minimum Gasteiger partial charge on any atom is -0.396 e. The number of thiophene rings is 1. The molecule has 5 heteroatoms. The molecule has 1 aromatic heterocycles. The number of rotatable bonds is 5. The fraction of sp³-hybridized carbons (Fsp3) is 0.400. The molecule has 0 aliphatic heterocycles. The number of carbonyl (C=O) groups excluding carboxylic acids is 1. The number of aliphatic hydroxyl groups excluding tert-OH is 1. The first-order chi connectivity index (χ1) is 9.51. The Hall–Kier alpha value is -1.10. The molecule has 0 aliphatic carbocycles. The van der Waals surface area contributed by atoms with Gasteiger partial charge in [-0.05, 0) is 47.4 Å². The maximum atomic E-state index is 12.0. The summed E-state index contributed by atoms with van der Waals surface area (Å²) < 4.78 is 1.13. The van der Waals surface area contributed by atoms with Crippen molar-refractivity contribution in [3.05, 3.63) is 34.2 Å². The number of hydrogen-bond donors (Lipinski definition) is 2. The molecule has 0 saturated carbocycles. The molecule has 0 bridgehead atoms. The number of benzene rings is 1. The topological polar surface area (TPSA) is 49.3 Å². The Morgan fingerprint density at radius 1 is 1.45 bits per heavy atom. The van der Waals surface area contributed by atoms with Crippen LogP contribution in [0.2, 0.25) is 5.02 Å². The summed E-state index contributed by atoms with van der Waals surface area (Å²) in [6.07, 6.45) is 0.336. The number of nitrogens with one attached hydrogen (secondary N) is 1. The second kappa shape index (κ2) is 6.57. The van der Waals surface area contributed by atoms with E-state index in [0.717, 1.165) is 15.6 Å². The van der Waals surface area contributed by atoms with Crippen molar-refractivity contribution in [2.75, 3.05) is 6.61 Å². The third-order valence-electron chi connectivity index (χ3n) is 3.50. The Morgan fingerprint density at radius 3 is 2.90 bits per heavy atom. The Labute approximate surface area is 127 Å². The average Bonchev–Trinajstić information content (AvgIpc) is 2.80. The van der Waals surface area contributed by atoms with Crippen LogP contribution < -0.4 is 5.32 Å². The van der Waals surface area contributed by atoms with Gasteiger partial charge in [-0.15, -0.1) is 11.3 Å². The standard InChI is InChI=1S/C15H18ClNO2S/c1-9(7-18)10(2)17-15(19)5-11-8-20-14-4-3-12(16)6-13(11)14/h3-4,6,8-10,18H,5,7H2,1-2H3,(H,17,19). The molecule has 2 atom stereocenters. The van der Waals surface area contributed by atoms with E-state index in [2.05, 4.69) is 5.32 Å². The Bertz CT molecular complexity index is 611. The first-order valence-corrected chi connectivity index (χ1v) is 7.83. The minimum absolute atomic E-state index is 0.0301. The van der Waals surface area contributed by atoms with Gasteiger partial charge in [0.05, 0.1) is 6.42 Å². The molecule has 20 heavy (non-hydrogen) atoms. The van der Waals surface area contributed by atoms with Gasteiger partial charge in [-0.1, -0.05) is 18.5 Å². The molecule has 0 spiro atoms. The largest absolute Gasteiger partial charge is 0.396 e. The second-order valence-corrected chi connectivity index (χ2v) is 6.44. The van der Waals surface area contributed by atoms with E-state index in [-0.39, 0.29) is 24.5 Å². The van der Waals surface area contributed by atoms with Crippen molar-refractivity contribution in [2.45, 2.75) is 26.3 Å². The van der Waals surface area contributed by atoms with Crippen molar-refractivity contribution in [3.8, 4) is 0 Å². The lowest BCUT2D eigenvalue weighted by Crippen LogP contribution is -2.39. The third kappa shape index (κ3) is 3.51. The normalized spacial score (nSPS) is 14.2. The Kier molecular flexibility index (Phi) is 5.02. The van der Waals surface area contributed by atoms with E-state index in [1.165, 1.54) is 0 Å². The highest BCUT2D eigenvalue weighted by molar-refractivity contribution is 7.17. The van der Waals surface area contributed by atoms with Crippen LogP contribution in [-0.2, 0) is 11.2 Å². The van der Waals surface area contributed by atoms with Crippen LogP contribution in [0.1, 0.15) is 19.4 Å². The molecular formula is C15H18ClNO2S. The second-order valence-electron chi connectivity index (χ2n) is 5.09. The lowest BCUT2D eigenvalue weighted by Gasteiger charge is -2.19. The van der Waals surface area contributed by atoms with Crippen LogP contribution in [-0.4, -0.2) is 23.7 Å². The van der Waals surface area contributed by atoms with Crippen molar-refractivity contribution >= 4 is 38.9 Å². The van der Waals surface area contributed by atoms with Crippen LogP contribution in [0.3, 0.4) is 0 Å². The highest BCUT2D eigenvalue weighted by Gasteiger charge is 2.15. The van der Waals surface area contributed by atoms with E-state index >= 15 is 0 Å². The zero-order valence-electron chi connectivity index (χ0n) is 11.5. The average molecular weight is 312 g/mol. The van der Waals surface area contributed by atoms with Crippen molar-refractivity contribution in [2.24, 2.45) is 5.92 Å². The summed E-state index contributed by atoms with van der Waals surface area (Å²) >= 11 is 7.62. The van der Waals surface area contributed by atoms with Gasteiger partial charge in [0.1, 0.15) is 0 Å². The van der Waals surface area contributed by atoms with E-state index in [4.69, 9.17) is 16.7 Å². The van der Waals surface area contributed by atoms with Crippen LogP contribution in [0, 0.1) is 5.92 Å². The predicted octanol–water partition coefficient (Wildman–Crippen LogP) is 3.23. The fourth-order valence-corrected chi connectivity index (χ4v) is 3.08. The van der Waals surface area contributed by atoms with Gasteiger partial charge in [0.2, 0.25) is 5.91 Å². The van der Waals surface area contributed by atoms with Gasteiger partial charge in [-0.2, -0.15) is 0 Å². The Morgan fingerprint density at radius 2 is 2.20 bits per heavy atom. The quantitative estimate of drug-likeness (QED) is 0.890. The van der Waals surface area contributed by atoms with Crippen LogP contribution in [0.25, 0.3) is 10.1 Å². The van der Waals surface area contributed by atoms with Crippen molar-refractivity contribution < 1.29 is 9.90 Å². The molecule has 108 valence electrons. The van der Waals surface area contributed by atoms with Crippen LogP contribution in [0.4, 0.5) is 0 Å². The molecule has 1 amide bonds. The van der Waals surface area contributed by atoms with Gasteiger partial charge >= 0.3 is 0 Å². The predicted molar refractivity (Wildman–Crippen MR) is 84.4 cm³/mol. The monoisotopic (exact) mass is 311 g/mol. The summed E-state index contributed by atoms with van der Waals surface area (Å²) in [6.45, 7) is 3.88. The molecule has 0 fully saturated rings. The minimum atomic E-state index is -0.0408. The van der Waals surface area contributed by atoms with Crippen molar-refractivity contribution in [1.29, 1.82) is 0 Å². The fourth-order valence-electron chi connectivity index (χ4n) is 1.97. The van der Waals surface area contributed by atoms with Crippen LogP contribution >= 0.6 is 22.9 Å². The third-order valence-corrected chi connectivity index (χ3v) is 4.74. The van der Waals surface area contributed by atoms with E-state index in [9.17, 15) is 4.79 Å². The SMILES string of the molecule is CC(CO)C(C)NC(=O)Cc1csc2ccc(Cl)cc12. The van der Waals surface area contributed by atoms with Gasteiger partial charge < -0.3 is 10.4 Å². The molecule has 1 aromatic carbocycles. The lowest BCUT2D eigenvalue weighted by molar-refractivity contribution is -0.121. The summed E-state index contributed by atoms with van der Waals surface area (Å²) in [6, 6.07) is 5.69. The maximum Gasteiger partial charge on any atom is 0.224 e. The Balaban J connectivity index is 2.08. The van der Waals surface area contributed by atoms with E-state index in [1.54, 1.807) is 11.3 Å². The summed E-state index contributed by atoms with van der Waals surface area (Å²) in [5.41, 5.74) is 0.994. The molecule has 2 aromatic rings. The molecule has 0 radical (unpaired) electrons. The van der Waals surface area contributed by atoms with E-state index < -0.39 is 0 Å². The molecule has 2 N–H and O–H groups in total. The summed E-state index contributed by atoms with van der Waals surface area (Å²) in [4.78, 5) is 12.0. The molecule has 0 saturated heterocycles. The molecule has 1 heterocycles. The summed E-state index contributed by atoms with van der Waals surface area (Å²) in [7, 11) is 0. The number of hydrogen-bond acceptors (Lipinski definition) is 3. The van der Waals surface area contributed by atoms with Gasteiger partial charge in [0.15, 0.2) is 0 Å². The molecular weight excluding hydrogens is 294 g/mol. The molecule has 2 unspecified atom stereocenters.